The van der Waals surface area contributed by atoms with Gasteiger partial charge in [0.15, 0.2) is 5.82 Å². The molecule has 0 unspecified atom stereocenters. The monoisotopic (exact) mass is 338 g/mol. The predicted octanol–water partition coefficient (Wildman–Crippen LogP) is 2.98. The zero-order valence-electron chi connectivity index (χ0n) is 13.0. The van der Waals surface area contributed by atoms with Gasteiger partial charge in [0.25, 0.3) is 0 Å². The van der Waals surface area contributed by atoms with Gasteiger partial charge in [-0.25, -0.2) is 4.98 Å². The molecule has 0 radical (unpaired) electrons. The third-order valence-electron chi connectivity index (χ3n) is 3.46. The fraction of sp³-hybridized carbons (Fsp3) is 0.600. The van der Waals surface area contributed by atoms with E-state index in [-0.39, 0.29) is 6.10 Å². The third-order valence-corrected chi connectivity index (χ3v) is 5.32. The van der Waals surface area contributed by atoms with Crippen LogP contribution in [0.25, 0.3) is 10.7 Å². The second kappa shape index (κ2) is 7.59. The molecule has 2 aromatic rings. The van der Waals surface area contributed by atoms with Crippen molar-refractivity contribution in [2.24, 2.45) is 5.92 Å². The second-order valence-electron chi connectivity index (χ2n) is 5.90. The minimum atomic E-state index is 0.265. The molecule has 7 heteroatoms. The molecular formula is C15H22N4OS2. The molecule has 1 aliphatic rings. The molecule has 5 nitrogen and oxygen atoms in total. The minimum Gasteiger partial charge on any atom is -0.375 e. The van der Waals surface area contributed by atoms with Gasteiger partial charge < -0.3 is 4.74 Å². The highest BCUT2D eigenvalue weighted by Gasteiger charge is 2.21. The smallest absolute Gasteiger partial charge is 0.208 e. The number of nitrogens with one attached hydrogen (secondary N) is 1. The molecule has 2 aromatic heterocycles. The van der Waals surface area contributed by atoms with Gasteiger partial charge in [-0.2, -0.15) is 0 Å². The van der Waals surface area contributed by atoms with Gasteiger partial charge in [-0.05, 0) is 17.4 Å². The number of thioether (sulfide) groups is 1. The summed E-state index contributed by atoms with van der Waals surface area (Å²) < 4.78 is 5.86. The molecule has 120 valence electrons. The lowest BCUT2D eigenvalue weighted by Crippen LogP contribution is -2.44. The van der Waals surface area contributed by atoms with E-state index >= 15 is 0 Å². The Hall–Kier alpha value is -0.890. The van der Waals surface area contributed by atoms with E-state index in [4.69, 9.17) is 4.74 Å². The zero-order chi connectivity index (χ0) is 15.4. The van der Waals surface area contributed by atoms with Crippen molar-refractivity contribution in [2.75, 3.05) is 32.0 Å². The molecule has 3 heterocycles. The first-order valence-electron chi connectivity index (χ1n) is 7.63. The summed E-state index contributed by atoms with van der Waals surface area (Å²) in [5.41, 5.74) is 0. The standard InChI is InChI=1S/C15H22N4OS2/c1-11(2)8-19-5-6-20-12(9-19)10-22-15-16-14(17-18-15)13-4-3-7-21-13/h3-4,7,11-12H,5-6,8-10H2,1-2H3,(H,16,17,18)/t12-/m1/s1. The van der Waals surface area contributed by atoms with Crippen molar-refractivity contribution in [3.05, 3.63) is 17.5 Å². The first-order chi connectivity index (χ1) is 10.7. The quantitative estimate of drug-likeness (QED) is 0.821. The summed E-state index contributed by atoms with van der Waals surface area (Å²) in [6.45, 7) is 8.55. The van der Waals surface area contributed by atoms with Gasteiger partial charge in [0.1, 0.15) is 0 Å². The van der Waals surface area contributed by atoms with Crippen LogP contribution in [0.5, 0.6) is 0 Å². The van der Waals surface area contributed by atoms with Gasteiger partial charge in [-0.15, -0.1) is 16.4 Å². The number of aromatic amines is 1. The van der Waals surface area contributed by atoms with Crippen LogP contribution >= 0.6 is 23.1 Å². The van der Waals surface area contributed by atoms with E-state index in [1.54, 1.807) is 23.1 Å². The third kappa shape index (κ3) is 4.32. The van der Waals surface area contributed by atoms with Crippen LogP contribution in [0, 0.1) is 5.92 Å². The normalized spacial score (nSPS) is 19.9. The zero-order valence-corrected chi connectivity index (χ0v) is 14.6. The van der Waals surface area contributed by atoms with Gasteiger partial charge in [-0.3, -0.25) is 10.00 Å². The van der Waals surface area contributed by atoms with Crippen molar-refractivity contribution in [3.63, 3.8) is 0 Å². The van der Waals surface area contributed by atoms with Crippen molar-refractivity contribution >= 4 is 23.1 Å². The number of hydrogen-bond donors (Lipinski definition) is 1. The van der Waals surface area contributed by atoms with Crippen LogP contribution in [0.2, 0.25) is 0 Å². The molecule has 1 atom stereocenters. The summed E-state index contributed by atoms with van der Waals surface area (Å²) in [4.78, 5) is 8.16. The molecule has 0 saturated carbocycles. The first kappa shape index (κ1) is 16.0. The number of hydrogen-bond acceptors (Lipinski definition) is 6. The molecule has 0 bridgehead atoms. The van der Waals surface area contributed by atoms with E-state index in [0.29, 0.717) is 5.92 Å². The van der Waals surface area contributed by atoms with Crippen LogP contribution in [0.4, 0.5) is 0 Å². The van der Waals surface area contributed by atoms with E-state index in [1.165, 1.54) is 0 Å². The average molecular weight is 339 g/mol. The van der Waals surface area contributed by atoms with E-state index in [0.717, 1.165) is 47.9 Å². The molecule has 0 amide bonds. The number of aromatic nitrogens is 3. The number of thiophene rings is 1. The van der Waals surface area contributed by atoms with Crippen molar-refractivity contribution in [2.45, 2.75) is 25.1 Å². The van der Waals surface area contributed by atoms with Gasteiger partial charge >= 0.3 is 0 Å². The summed E-state index contributed by atoms with van der Waals surface area (Å²) in [6, 6.07) is 4.07. The molecule has 22 heavy (non-hydrogen) atoms. The predicted molar refractivity (Wildman–Crippen MR) is 91.4 cm³/mol. The minimum absolute atomic E-state index is 0.265. The fourth-order valence-electron chi connectivity index (χ4n) is 2.57. The largest absolute Gasteiger partial charge is 0.375 e. The molecule has 1 fully saturated rings. The highest BCUT2D eigenvalue weighted by atomic mass is 32.2. The maximum Gasteiger partial charge on any atom is 0.208 e. The lowest BCUT2D eigenvalue weighted by atomic mass is 10.2. The fourth-order valence-corrected chi connectivity index (χ4v) is 4.03. The Morgan fingerprint density at radius 1 is 1.55 bits per heavy atom. The van der Waals surface area contributed by atoms with E-state index < -0.39 is 0 Å². The van der Waals surface area contributed by atoms with Gasteiger partial charge in [0.2, 0.25) is 5.16 Å². The molecule has 0 aromatic carbocycles. The van der Waals surface area contributed by atoms with Crippen molar-refractivity contribution in [1.29, 1.82) is 0 Å². The van der Waals surface area contributed by atoms with E-state index in [9.17, 15) is 0 Å². The first-order valence-corrected chi connectivity index (χ1v) is 9.50. The van der Waals surface area contributed by atoms with Crippen LogP contribution in [0.3, 0.4) is 0 Å². The summed E-state index contributed by atoms with van der Waals surface area (Å²) >= 11 is 3.33. The van der Waals surface area contributed by atoms with Crippen LogP contribution in [-0.2, 0) is 4.74 Å². The molecular weight excluding hydrogens is 316 g/mol. The van der Waals surface area contributed by atoms with Crippen molar-refractivity contribution < 1.29 is 4.74 Å². The van der Waals surface area contributed by atoms with Crippen LogP contribution < -0.4 is 0 Å². The average Bonchev–Trinajstić information content (AvgIpc) is 3.16. The Kier molecular flexibility index (Phi) is 5.51. The molecule has 1 N–H and O–H groups in total. The lowest BCUT2D eigenvalue weighted by molar-refractivity contribution is -0.0191. The van der Waals surface area contributed by atoms with Crippen molar-refractivity contribution in [3.8, 4) is 10.7 Å². The maximum atomic E-state index is 5.86. The Balaban J connectivity index is 1.50. The Labute approximate surface area is 139 Å². The lowest BCUT2D eigenvalue weighted by Gasteiger charge is -2.33. The number of morpholine rings is 1. The Bertz CT molecular complexity index is 570. The molecule has 3 rings (SSSR count). The van der Waals surface area contributed by atoms with Crippen LogP contribution in [0.1, 0.15) is 13.8 Å². The molecule has 0 aliphatic carbocycles. The highest BCUT2D eigenvalue weighted by molar-refractivity contribution is 7.99. The van der Waals surface area contributed by atoms with Gasteiger partial charge in [0, 0.05) is 25.4 Å². The number of H-pyrrole nitrogens is 1. The van der Waals surface area contributed by atoms with E-state index in [2.05, 4.69) is 33.9 Å². The van der Waals surface area contributed by atoms with Gasteiger partial charge in [-0.1, -0.05) is 31.7 Å². The molecule has 0 spiro atoms. The summed E-state index contributed by atoms with van der Waals surface area (Å²) in [6.07, 6.45) is 0.265. The van der Waals surface area contributed by atoms with Crippen LogP contribution in [-0.4, -0.2) is 58.2 Å². The maximum absolute atomic E-state index is 5.86. The summed E-state index contributed by atoms with van der Waals surface area (Å²) in [5, 5.41) is 10.1. The Morgan fingerprint density at radius 2 is 2.45 bits per heavy atom. The molecule has 1 aliphatic heterocycles. The topological polar surface area (TPSA) is 54.0 Å². The summed E-state index contributed by atoms with van der Waals surface area (Å²) in [7, 11) is 0. The van der Waals surface area contributed by atoms with E-state index in [1.807, 2.05) is 17.5 Å². The van der Waals surface area contributed by atoms with Crippen molar-refractivity contribution in [1.82, 2.24) is 20.1 Å². The number of rotatable bonds is 6. The van der Waals surface area contributed by atoms with Gasteiger partial charge in [0.05, 0.1) is 17.6 Å². The number of ether oxygens (including phenoxy) is 1. The highest BCUT2D eigenvalue weighted by Crippen LogP contribution is 2.24. The number of nitrogens with zero attached hydrogens (tertiary/aromatic N) is 3. The van der Waals surface area contributed by atoms with Crippen LogP contribution in [0.15, 0.2) is 22.7 Å². The SMILES string of the molecule is CC(C)CN1CCO[C@@H](CSc2n[nH]c(-c3cccs3)n2)C1. The Morgan fingerprint density at radius 3 is 3.23 bits per heavy atom. The molecule has 1 saturated heterocycles. The summed E-state index contributed by atoms with van der Waals surface area (Å²) in [5.74, 6) is 2.45. The second-order valence-corrected chi connectivity index (χ2v) is 7.84.